The number of furan rings is 1. The lowest BCUT2D eigenvalue weighted by Gasteiger charge is -2.12. The lowest BCUT2D eigenvalue weighted by atomic mass is 10.0. The maximum absolute atomic E-state index is 13.2. The molecular weight excluding hydrogens is 355 g/mol. The number of nitrogens with one attached hydrogen (secondary N) is 1. The third-order valence-corrected chi connectivity index (χ3v) is 4.48. The van der Waals surface area contributed by atoms with Crippen LogP contribution < -0.4 is 10.1 Å². The minimum absolute atomic E-state index is 0.0325. The van der Waals surface area contributed by atoms with Crippen LogP contribution in [0.1, 0.15) is 5.56 Å². The van der Waals surface area contributed by atoms with E-state index in [0.29, 0.717) is 4.88 Å². The molecule has 0 aliphatic carbocycles. The number of hydrogen-bond acceptors (Lipinski definition) is 5. The van der Waals surface area contributed by atoms with E-state index in [9.17, 15) is 18.3 Å². The van der Waals surface area contributed by atoms with Crippen LogP contribution in [0.25, 0.3) is 21.8 Å². The van der Waals surface area contributed by atoms with Gasteiger partial charge in [-0.15, -0.1) is 11.3 Å². The van der Waals surface area contributed by atoms with Crippen LogP contribution in [-0.2, 0) is 6.18 Å². The van der Waals surface area contributed by atoms with Gasteiger partial charge in [-0.3, -0.25) is 0 Å². The predicted molar refractivity (Wildman–Crippen MR) is 90.2 cm³/mol. The Morgan fingerprint density at radius 1 is 1.24 bits per heavy atom. The zero-order valence-corrected chi connectivity index (χ0v) is 14.1. The smallest absolute Gasteiger partial charge is 0.416 e. The number of hydrogen-bond donors (Lipinski definition) is 2. The molecule has 0 aliphatic rings. The lowest BCUT2D eigenvalue weighted by molar-refractivity contribution is -0.137. The van der Waals surface area contributed by atoms with Gasteiger partial charge in [0, 0.05) is 7.05 Å². The van der Waals surface area contributed by atoms with Crippen molar-refractivity contribution in [3.63, 3.8) is 0 Å². The molecule has 132 valence electrons. The number of halogens is 3. The Morgan fingerprint density at radius 3 is 2.56 bits per heavy atom. The molecule has 2 heterocycles. The van der Waals surface area contributed by atoms with Gasteiger partial charge in [0.25, 0.3) is 0 Å². The molecule has 25 heavy (non-hydrogen) atoms. The Kier molecular flexibility index (Phi) is 4.38. The van der Waals surface area contributed by atoms with Crippen molar-refractivity contribution in [2.75, 3.05) is 19.5 Å². The number of benzene rings is 1. The van der Waals surface area contributed by atoms with Crippen molar-refractivity contribution in [1.82, 2.24) is 0 Å². The minimum Gasteiger partial charge on any atom is -0.504 e. The summed E-state index contributed by atoms with van der Waals surface area (Å²) in [7, 11) is 2.84. The topological polar surface area (TPSA) is 54.6 Å². The van der Waals surface area contributed by atoms with Crippen molar-refractivity contribution in [3.05, 3.63) is 41.3 Å². The number of rotatable bonds is 4. The van der Waals surface area contributed by atoms with Crippen LogP contribution in [0.2, 0.25) is 0 Å². The van der Waals surface area contributed by atoms with Gasteiger partial charge < -0.3 is 19.6 Å². The molecular formula is C17H14F3NO3S. The van der Waals surface area contributed by atoms with E-state index in [1.807, 2.05) is 5.38 Å². The Hall–Kier alpha value is -2.61. The molecule has 0 saturated carbocycles. The normalized spacial score (nSPS) is 11.6. The highest BCUT2D eigenvalue weighted by Crippen LogP contribution is 2.48. The van der Waals surface area contributed by atoms with Gasteiger partial charge in [0.05, 0.1) is 23.1 Å². The van der Waals surface area contributed by atoms with Gasteiger partial charge in [-0.05, 0) is 35.2 Å². The molecule has 1 aromatic carbocycles. The summed E-state index contributed by atoms with van der Waals surface area (Å²) in [6, 6.07) is 6.80. The van der Waals surface area contributed by atoms with Gasteiger partial charge in [0.2, 0.25) is 5.88 Å². The van der Waals surface area contributed by atoms with Gasteiger partial charge in [0.15, 0.2) is 11.5 Å². The monoisotopic (exact) mass is 369 g/mol. The van der Waals surface area contributed by atoms with Crippen LogP contribution in [0, 0.1) is 0 Å². The first-order chi connectivity index (χ1) is 11.8. The fraction of sp³-hybridized carbons (Fsp3) is 0.176. The summed E-state index contributed by atoms with van der Waals surface area (Å²) >= 11 is 1.35. The molecule has 0 amide bonds. The van der Waals surface area contributed by atoms with Gasteiger partial charge in [-0.1, -0.05) is 6.07 Å². The highest BCUT2D eigenvalue weighted by Gasteiger charge is 2.33. The summed E-state index contributed by atoms with van der Waals surface area (Å²) in [6.45, 7) is 0. The summed E-state index contributed by atoms with van der Waals surface area (Å²) in [5.41, 5.74) is -0.586. The van der Waals surface area contributed by atoms with Crippen LogP contribution in [0.4, 0.5) is 19.1 Å². The quantitative estimate of drug-likeness (QED) is 0.642. The third-order valence-electron chi connectivity index (χ3n) is 3.61. The molecule has 2 aromatic heterocycles. The van der Waals surface area contributed by atoms with Gasteiger partial charge in [-0.25, -0.2) is 0 Å². The zero-order chi connectivity index (χ0) is 18.2. The van der Waals surface area contributed by atoms with E-state index < -0.39 is 11.7 Å². The summed E-state index contributed by atoms with van der Waals surface area (Å²) in [6.07, 6.45) is -4.54. The first-order valence-electron chi connectivity index (χ1n) is 7.19. The average Bonchev–Trinajstić information content (AvgIpc) is 3.20. The molecule has 0 fully saturated rings. The average molecular weight is 369 g/mol. The van der Waals surface area contributed by atoms with E-state index in [1.165, 1.54) is 24.5 Å². The first-order valence-corrected chi connectivity index (χ1v) is 8.07. The number of alkyl halides is 3. The zero-order valence-electron chi connectivity index (χ0n) is 13.3. The number of aromatic hydroxyl groups is 1. The molecule has 0 spiro atoms. The van der Waals surface area contributed by atoms with E-state index in [-0.39, 0.29) is 34.3 Å². The molecule has 0 radical (unpaired) electrons. The van der Waals surface area contributed by atoms with E-state index in [1.54, 1.807) is 19.2 Å². The highest BCUT2D eigenvalue weighted by molar-refractivity contribution is 7.13. The molecule has 0 saturated heterocycles. The second kappa shape index (κ2) is 6.36. The second-order valence-electron chi connectivity index (χ2n) is 5.16. The van der Waals surface area contributed by atoms with Crippen molar-refractivity contribution in [2.24, 2.45) is 0 Å². The largest absolute Gasteiger partial charge is 0.504 e. The summed E-state index contributed by atoms with van der Waals surface area (Å²) in [5, 5.41) is 15.2. The van der Waals surface area contributed by atoms with Crippen LogP contribution in [0.15, 0.2) is 40.1 Å². The van der Waals surface area contributed by atoms with E-state index in [2.05, 4.69) is 5.32 Å². The molecule has 0 bridgehead atoms. The van der Waals surface area contributed by atoms with Crippen LogP contribution in [0.5, 0.6) is 11.5 Å². The van der Waals surface area contributed by atoms with Crippen molar-refractivity contribution in [2.45, 2.75) is 6.18 Å². The highest BCUT2D eigenvalue weighted by atomic mass is 32.1. The van der Waals surface area contributed by atoms with Crippen LogP contribution in [-0.4, -0.2) is 19.3 Å². The van der Waals surface area contributed by atoms with Crippen molar-refractivity contribution in [3.8, 4) is 33.3 Å². The summed E-state index contributed by atoms with van der Waals surface area (Å²) < 4.78 is 50.1. The van der Waals surface area contributed by atoms with Gasteiger partial charge in [-0.2, -0.15) is 13.2 Å². The number of anilines is 1. The fourth-order valence-corrected chi connectivity index (χ4v) is 3.17. The van der Waals surface area contributed by atoms with E-state index in [4.69, 9.17) is 9.15 Å². The number of ether oxygens (including phenoxy) is 1. The Morgan fingerprint density at radius 2 is 2.00 bits per heavy atom. The molecule has 3 rings (SSSR count). The molecule has 0 aliphatic heterocycles. The first kappa shape index (κ1) is 17.2. The number of methoxy groups -OCH3 is 1. The molecule has 0 unspecified atom stereocenters. The van der Waals surface area contributed by atoms with Crippen molar-refractivity contribution in [1.29, 1.82) is 0 Å². The second-order valence-corrected chi connectivity index (χ2v) is 6.11. The number of thiophene rings is 1. The summed E-state index contributed by atoms with van der Waals surface area (Å²) in [5.74, 6) is 0.173. The molecule has 0 atom stereocenters. The Balaban J connectivity index is 2.23. The van der Waals surface area contributed by atoms with E-state index >= 15 is 0 Å². The van der Waals surface area contributed by atoms with Crippen molar-refractivity contribution >= 4 is 17.2 Å². The lowest BCUT2D eigenvalue weighted by Crippen LogP contribution is -2.05. The van der Waals surface area contributed by atoms with Crippen LogP contribution >= 0.6 is 11.3 Å². The van der Waals surface area contributed by atoms with Gasteiger partial charge >= 0.3 is 6.18 Å². The fourth-order valence-electron chi connectivity index (χ4n) is 2.47. The van der Waals surface area contributed by atoms with Gasteiger partial charge in [0.1, 0.15) is 5.75 Å². The third kappa shape index (κ3) is 3.17. The molecule has 4 nitrogen and oxygen atoms in total. The maximum atomic E-state index is 13.2. The SMILES string of the molecule is CNc1oc(-c2cccs2)c(O)c1-c1cc(OC)cc(C(F)(F)F)c1. The summed E-state index contributed by atoms with van der Waals surface area (Å²) in [4.78, 5) is 0.666. The Labute approximate surface area is 145 Å². The molecule has 3 aromatic rings. The standard InChI is InChI=1S/C17H14F3NO3S/c1-21-16-13(14(22)15(24-16)12-4-3-5-25-12)9-6-10(17(18,19)20)8-11(7-9)23-2/h3-8,21-22H,1-2H3. The van der Waals surface area contributed by atoms with Crippen molar-refractivity contribution < 1.29 is 27.4 Å². The maximum Gasteiger partial charge on any atom is 0.416 e. The van der Waals surface area contributed by atoms with E-state index in [0.717, 1.165) is 12.1 Å². The Bertz CT molecular complexity index is 885. The molecule has 2 N–H and O–H groups in total. The molecule has 8 heteroatoms. The predicted octanol–water partition coefficient (Wildman–Crippen LogP) is 5.45. The van der Waals surface area contributed by atoms with Crippen LogP contribution in [0.3, 0.4) is 0 Å². The minimum atomic E-state index is -4.54.